The molecule has 114 valence electrons. The Labute approximate surface area is 124 Å². The summed E-state index contributed by atoms with van der Waals surface area (Å²) in [4.78, 5) is 25.7. The zero-order valence-electron chi connectivity index (χ0n) is 12.5. The fourth-order valence-corrected chi connectivity index (χ4v) is 2.30. The van der Waals surface area contributed by atoms with Crippen LogP contribution in [0.4, 0.5) is 16.2 Å². The zero-order chi connectivity index (χ0) is 15.2. The molecule has 0 radical (unpaired) electrons. The van der Waals surface area contributed by atoms with Gasteiger partial charge >= 0.3 is 6.03 Å². The summed E-state index contributed by atoms with van der Waals surface area (Å²) in [5.74, 6) is -0.271. The van der Waals surface area contributed by atoms with Crippen molar-refractivity contribution in [1.29, 1.82) is 0 Å². The van der Waals surface area contributed by atoms with Crippen molar-refractivity contribution >= 4 is 23.3 Å². The first kappa shape index (κ1) is 15.3. The van der Waals surface area contributed by atoms with Gasteiger partial charge in [0.15, 0.2) is 0 Å². The van der Waals surface area contributed by atoms with Crippen molar-refractivity contribution in [2.45, 2.75) is 12.8 Å². The molecule has 0 unspecified atom stereocenters. The Balaban J connectivity index is 1.84. The van der Waals surface area contributed by atoms with Crippen molar-refractivity contribution in [3.8, 4) is 0 Å². The highest BCUT2D eigenvalue weighted by Crippen LogP contribution is 2.16. The highest BCUT2D eigenvalue weighted by atomic mass is 16.2. The van der Waals surface area contributed by atoms with Crippen LogP contribution in [0.1, 0.15) is 12.8 Å². The van der Waals surface area contributed by atoms with Gasteiger partial charge in [-0.05, 0) is 50.2 Å². The molecule has 0 aromatic heterocycles. The molecular weight excluding hydrogens is 268 g/mol. The second-order valence-corrected chi connectivity index (χ2v) is 5.41. The number of nitrogens with zero attached hydrogens (tertiary/aromatic N) is 1. The number of hydrogen-bond donors (Lipinski definition) is 3. The highest BCUT2D eigenvalue weighted by Gasteiger charge is 2.22. The van der Waals surface area contributed by atoms with E-state index in [0.29, 0.717) is 5.69 Å². The van der Waals surface area contributed by atoms with E-state index in [1.807, 2.05) is 43.3 Å². The molecule has 0 bridgehead atoms. The maximum atomic E-state index is 11.9. The van der Waals surface area contributed by atoms with E-state index in [-0.39, 0.29) is 11.8 Å². The van der Waals surface area contributed by atoms with E-state index >= 15 is 0 Å². The highest BCUT2D eigenvalue weighted by molar-refractivity contribution is 6.01. The smallest absolute Gasteiger partial charge is 0.325 e. The molecule has 1 fully saturated rings. The van der Waals surface area contributed by atoms with Crippen molar-refractivity contribution in [3.05, 3.63) is 24.3 Å². The third-order valence-corrected chi connectivity index (χ3v) is 3.59. The van der Waals surface area contributed by atoms with Gasteiger partial charge in [-0.1, -0.05) is 0 Å². The van der Waals surface area contributed by atoms with Gasteiger partial charge in [-0.25, -0.2) is 4.79 Å². The van der Waals surface area contributed by atoms with Crippen LogP contribution in [0.5, 0.6) is 0 Å². The fraction of sp³-hybridized carbons (Fsp3) is 0.467. The van der Waals surface area contributed by atoms with Gasteiger partial charge in [-0.2, -0.15) is 0 Å². The monoisotopic (exact) mass is 290 g/mol. The van der Waals surface area contributed by atoms with Gasteiger partial charge in [0, 0.05) is 31.4 Å². The Morgan fingerprint density at radius 3 is 2.33 bits per heavy atom. The van der Waals surface area contributed by atoms with Gasteiger partial charge in [0.1, 0.15) is 0 Å². The maximum Gasteiger partial charge on any atom is 0.325 e. The zero-order valence-corrected chi connectivity index (χ0v) is 12.5. The SMILES string of the molecule is CN(C)c1ccc(NC(=O)NC(=O)C2CCNCC2)cc1. The molecule has 0 aliphatic carbocycles. The summed E-state index contributed by atoms with van der Waals surface area (Å²) < 4.78 is 0. The molecule has 1 aliphatic rings. The van der Waals surface area contributed by atoms with E-state index in [4.69, 9.17) is 0 Å². The second-order valence-electron chi connectivity index (χ2n) is 5.41. The number of imide groups is 1. The number of carbonyl (C=O) groups is 2. The summed E-state index contributed by atoms with van der Waals surface area (Å²) in [5, 5.41) is 8.27. The minimum atomic E-state index is -0.476. The molecule has 2 rings (SSSR count). The van der Waals surface area contributed by atoms with Crippen molar-refractivity contribution in [2.75, 3.05) is 37.4 Å². The van der Waals surface area contributed by atoms with Gasteiger partial charge < -0.3 is 15.5 Å². The summed E-state index contributed by atoms with van der Waals surface area (Å²) in [6.45, 7) is 1.65. The number of hydrogen-bond acceptors (Lipinski definition) is 4. The molecule has 0 spiro atoms. The van der Waals surface area contributed by atoms with E-state index < -0.39 is 6.03 Å². The van der Waals surface area contributed by atoms with Crippen molar-refractivity contribution < 1.29 is 9.59 Å². The molecule has 3 N–H and O–H groups in total. The van der Waals surface area contributed by atoms with Crippen LogP contribution >= 0.6 is 0 Å². The van der Waals surface area contributed by atoms with E-state index in [1.165, 1.54) is 0 Å². The topological polar surface area (TPSA) is 73.5 Å². The van der Waals surface area contributed by atoms with E-state index in [9.17, 15) is 9.59 Å². The lowest BCUT2D eigenvalue weighted by Crippen LogP contribution is -2.42. The number of piperidine rings is 1. The Bertz CT molecular complexity index is 493. The van der Waals surface area contributed by atoms with Gasteiger partial charge in [-0.3, -0.25) is 10.1 Å². The first-order valence-corrected chi connectivity index (χ1v) is 7.16. The molecular formula is C15H22N4O2. The van der Waals surface area contributed by atoms with Crippen molar-refractivity contribution in [3.63, 3.8) is 0 Å². The van der Waals surface area contributed by atoms with Gasteiger partial charge in [-0.15, -0.1) is 0 Å². The van der Waals surface area contributed by atoms with Crippen molar-refractivity contribution in [1.82, 2.24) is 10.6 Å². The van der Waals surface area contributed by atoms with E-state index in [0.717, 1.165) is 31.6 Å². The van der Waals surface area contributed by atoms with Crippen LogP contribution in [-0.2, 0) is 4.79 Å². The number of amides is 3. The number of anilines is 2. The minimum Gasteiger partial charge on any atom is -0.378 e. The Hall–Kier alpha value is -2.08. The number of rotatable bonds is 3. The third kappa shape index (κ3) is 4.46. The van der Waals surface area contributed by atoms with Crippen LogP contribution in [0, 0.1) is 5.92 Å². The normalized spacial score (nSPS) is 15.3. The molecule has 1 aromatic rings. The minimum absolute atomic E-state index is 0.0758. The summed E-state index contributed by atoms with van der Waals surface area (Å²) in [6.07, 6.45) is 1.55. The standard InChI is InChI=1S/C15H22N4O2/c1-19(2)13-5-3-12(4-6-13)17-15(21)18-14(20)11-7-9-16-10-8-11/h3-6,11,16H,7-10H2,1-2H3,(H2,17,18,20,21). The first-order chi connectivity index (χ1) is 10.1. The number of carbonyl (C=O) groups excluding carboxylic acids is 2. The van der Waals surface area contributed by atoms with Gasteiger partial charge in [0.05, 0.1) is 0 Å². The third-order valence-electron chi connectivity index (χ3n) is 3.59. The fourth-order valence-electron chi connectivity index (χ4n) is 2.30. The molecule has 0 atom stereocenters. The van der Waals surface area contributed by atoms with Crippen molar-refractivity contribution in [2.24, 2.45) is 5.92 Å². The van der Waals surface area contributed by atoms with Crippen LogP contribution in [0.15, 0.2) is 24.3 Å². The summed E-state index contributed by atoms with van der Waals surface area (Å²) >= 11 is 0. The molecule has 1 aliphatic heterocycles. The summed E-state index contributed by atoms with van der Waals surface area (Å²) in [5.41, 5.74) is 1.71. The molecule has 0 saturated carbocycles. The average Bonchev–Trinajstić information content (AvgIpc) is 2.48. The van der Waals surface area contributed by atoms with Crippen LogP contribution in [0.25, 0.3) is 0 Å². The summed E-state index contributed by atoms with van der Waals surface area (Å²) in [6, 6.07) is 6.96. The first-order valence-electron chi connectivity index (χ1n) is 7.16. The largest absolute Gasteiger partial charge is 0.378 e. The Morgan fingerprint density at radius 2 is 1.76 bits per heavy atom. The molecule has 3 amide bonds. The molecule has 6 heteroatoms. The Morgan fingerprint density at radius 1 is 1.14 bits per heavy atom. The number of nitrogens with one attached hydrogen (secondary N) is 3. The Kier molecular flexibility index (Phi) is 5.16. The van der Waals surface area contributed by atoms with Crippen LogP contribution in [0.3, 0.4) is 0 Å². The predicted octanol–water partition coefficient (Wildman–Crippen LogP) is 1.40. The molecule has 1 heterocycles. The molecule has 1 aromatic carbocycles. The lowest BCUT2D eigenvalue weighted by atomic mass is 9.97. The molecule has 1 saturated heterocycles. The predicted molar refractivity (Wildman–Crippen MR) is 83.5 cm³/mol. The number of urea groups is 1. The second kappa shape index (κ2) is 7.08. The lowest BCUT2D eigenvalue weighted by Gasteiger charge is -2.21. The molecule has 6 nitrogen and oxygen atoms in total. The van der Waals surface area contributed by atoms with Crippen LogP contribution < -0.4 is 20.9 Å². The van der Waals surface area contributed by atoms with Gasteiger partial charge in [0.25, 0.3) is 0 Å². The molecule has 21 heavy (non-hydrogen) atoms. The van der Waals surface area contributed by atoms with E-state index in [1.54, 1.807) is 0 Å². The quantitative estimate of drug-likeness (QED) is 0.787. The van der Waals surface area contributed by atoms with Gasteiger partial charge in [0.2, 0.25) is 5.91 Å². The van der Waals surface area contributed by atoms with Crippen LogP contribution in [0.2, 0.25) is 0 Å². The number of benzene rings is 1. The summed E-state index contributed by atoms with van der Waals surface area (Å²) in [7, 11) is 3.90. The maximum absolute atomic E-state index is 11.9. The van der Waals surface area contributed by atoms with E-state index in [2.05, 4.69) is 16.0 Å². The van der Waals surface area contributed by atoms with Crippen LogP contribution in [-0.4, -0.2) is 39.1 Å². The lowest BCUT2D eigenvalue weighted by molar-refractivity contribution is -0.124. The average molecular weight is 290 g/mol.